The molecule has 0 aliphatic carbocycles. The van der Waals surface area contributed by atoms with E-state index in [0.29, 0.717) is 24.5 Å². The normalized spacial score (nSPS) is 14.2. The number of nitrogens with zero attached hydrogens (tertiary/aromatic N) is 1. The van der Waals surface area contributed by atoms with Gasteiger partial charge in [0.05, 0.1) is 12.3 Å². The summed E-state index contributed by atoms with van der Waals surface area (Å²) in [5.41, 5.74) is 3.07. The van der Waals surface area contributed by atoms with Crippen molar-refractivity contribution < 1.29 is 14.3 Å². The van der Waals surface area contributed by atoms with Crippen LogP contribution in [0.1, 0.15) is 31.4 Å². The Morgan fingerprint density at radius 1 is 1.03 bits per heavy atom. The first-order chi connectivity index (χ1) is 15.7. The van der Waals surface area contributed by atoms with Crippen molar-refractivity contribution in [2.24, 2.45) is 0 Å². The molecule has 6 heteroatoms. The van der Waals surface area contributed by atoms with Gasteiger partial charge >= 0.3 is 0 Å². The fourth-order valence-corrected chi connectivity index (χ4v) is 3.85. The quantitative estimate of drug-likeness (QED) is 0.528. The maximum absolute atomic E-state index is 13.4. The predicted molar refractivity (Wildman–Crippen MR) is 127 cm³/mol. The van der Waals surface area contributed by atoms with Crippen LogP contribution in [-0.2, 0) is 9.59 Å². The molecule has 2 N–H and O–H groups in total. The molecule has 0 bridgehead atoms. The number of anilines is 3. The molecule has 0 unspecified atom stereocenters. The van der Waals surface area contributed by atoms with Gasteiger partial charge in [-0.05, 0) is 49.2 Å². The molecule has 3 aromatic carbocycles. The number of carbonyl (C=O) groups is 2. The summed E-state index contributed by atoms with van der Waals surface area (Å²) in [5.74, 6) is 0.558. The largest absolute Gasteiger partial charge is 0.492 e. The summed E-state index contributed by atoms with van der Waals surface area (Å²) >= 11 is 0. The van der Waals surface area contributed by atoms with E-state index in [0.717, 1.165) is 29.9 Å². The molecule has 4 rings (SSSR count). The third kappa shape index (κ3) is 4.91. The first-order valence-corrected chi connectivity index (χ1v) is 10.9. The fraction of sp³-hybridized carbons (Fsp3) is 0.231. The van der Waals surface area contributed by atoms with Gasteiger partial charge in [0, 0.05) is 24.3 Å². The molecule has 1 fully saturated rings. The Bertz CT molecular complexity index is 1080. The van der Waals surface area contributed by atoms with Crippen molar-refractivity contribution >= 4 is 28.9 Å². The van der Waals surface area contributed by atoms with Gasteiger partial charge in [0.2, 0.25) is 5.91 Å². The lowest BCUT2D eigenvalue weighted by Gasteiger charge is -2.22. The average molecular weight is 430 g/mol. The van der Waals surface area contributed by atoms with Crippen molar-refractivity contribution in [3.05, 3.63) is 84.4 Å². The van der Waals surface area contributed by atoms with E-state index in [1.165, 1.54) is 0 Å². The fourth-order valence-electron chi connectivity index (χ4n) is 3.85. The van der Waals surface area contributed by atoms with E-state index in [4.69, 9.17) is 4.74 Å². The molecule has 0 saturated carbocycles. The summed E-state index contributed by atoms with van der Waals surface area (Å²) in [6, 6.07) is 24.0. The van der Waals surface area contributed by atoms with Crippen molar-refractivity contribution in [1.29, 1.82) is 0 Å². The standard InChI is InChI=1S/C26H27N3O3/c1-2-32-23-15-7-6-14-22(23)28-26(31)25(19-10-4-3-5-11-19)27-20-12-8-13-21(18-20)29-17-9-16-24(29)30/h3-8,10-15,18,25,27H,2,9,16-17H2,1H3,(H,28,31)/t25-/m1/s1. The number of amides is 2. The van der Waals surface area contributed by atoms with Crippen LogP contribution in [0.3, 0.4) is 0 Å². The van der Waals surface area contributed by atoms with E-state index in [1.54, 1.807) is 4.90 Å². The highest BCUT2D eigenvalue weighted by molar-refractivity contribution is 5.99. The first-order valence-electron chi connectivity index (χ1n) is 10.9. The number of ether oxygens (including phenoxy) is 1. The third-order valence-electron chi connectivity index (χ3n) is 5.38. The Hall–Kier alpha value is -3.80. The molecule has 6 nitrogen and oxygen atoms in total. The van der Waals surface area contributed by atoms with Gasteiger partial charge in [0.25, 0.3) is 5.91 Å². The first kappa shape index (κ1) is 21.4. The lowest BCUT2D eigenvalue weighted by Crippen LogP contribution is -2.28. The van der Waals surface area contributed by atoms with Crippen LogP contribution >= 0.6 is 0 Å². The van der Waals surface area contributed by atoms with Crippen LogP contribution < -0.4 is 20.3 Å². The SMILES string of the molecule is CCOc1ccccc1NC(=O)[C@H](Nc1cccc(N2CCCC2=O)c1)c1ccccc1. The molecule has 1 aliphatic heterocycles. The Morgan fingerprint density at radius 3 is 2.56 bits per heavy atom. The number of para-hydroxylation sites is 2. The highest BCUT2D eigenvalue weighted by Crippen LogP contribution is 2.29. The van der Waals surface area contributed by atoms with Gasteiger partial charge in [-0.25, -0.2) is 0 Å². The molecule has 1 atom stereocenters. The number of benzene rings is 3. The minimum atomic E-state index is -0.629. The summed E-state index contributed by atoms with van der Waals surface area (Å²) in [6.45, 7) is 3.14. The smallest absolute Gasteiger partial charge is 0.251 e. The van der Waals surface area contributed by atoms with Crippen LogP contribution in [0.4, 0.5) is 17.1 Å². The highest BCUT2D eigenvalue weighted by atomic mass is 16.5. The Kier molecular flexibility index (Phi) is 6.70. The minimum absolute atomic E-state index is 0.132. The molecule has 1 aliphatic rings. The van der Waals surface area contributed by atoms with Crippen molar-refractivity contribution in [3.8, 4) is 5.75 Å². The van der Waals surface area contributed by atoms with E-state index < -0.39 is 6.04 Å². The summed E-state index contributed by atoms with van der Waals surface area (Å²) in [5, 5.41) is 6.35. The zero-order valence-electron chi connectivity index (χ0n) is 18.1. The second kappa shape index (κ2) is 10.0. The highest BCUT2D eigenvalue weighted by Gasteiger charge is 2.24. The minimum Gasteiger partial charge on any atom is -0.492 e. The molecular weight excluding hydrogens is 402 g/mol. The topological polar surface area (TPSA) is 70.7 Å². The number of carbonyl (C=O) groups excluding carboxylic acids is 2. The van der Waals surface area contributed by atoms with Crippen LogP contribution in [0.25, 0.3) is 0 Å². The number of hydrogen-bond acceptors (Lipinski definition) is 4. The summed E-state index contributed by atoms with van der Waals surface area (Å²) in [6.07, 6.45) is 1.44. The van der Waals surface area contributed by atoms with Gasteiger partial charge < -0.3 is 20.3 Å². The van der Waals surface area contributed by atoms with E-state index >= 15 is 0 Å². The molecule has 1 saturated heterocycles. The zero-order chi connectivity index (χ0) is 22.3. The van der Waals surface area contributed by atoms with Gasteiger partial charge in [-0.15, -0.1) is 0 Å². The average Bonchev–Trinajstić information content (AvgIpc) is 3.25. The Morgan fingerprint density at radius 2 is 1.81 bits per heavy atom. The van der Waals surface area contributed by atoms with Gasteiger partial charge in [-0.1, -0.05) is 48.5 Å². The molecule has 0 spiro atoms. The second-order valence-electron chi connectivity index (χ2n) is 7.61. The summed E-state index contributed by atoms with van der Waals surface area (Å²) < 4.78 is 5.65. The maximum atomic E-state index is 13.4. The van der Waals surface area contributed by atoms with E-state index in [-0.39, 0.29) is 11.8 Å². The van der Waals surface area contributed by atoms with Crippen LogP contribution in [0.5, 0.6) is 5.75 Å². The van der Waals surface area contributed by atoms with Gasteiger partial charge in [-0.2, -0.15) is 0 Å². The second-order valence-corrected chi connectivity index (χ2v) is 7.61. The van der Waals surface area contributed by atoms with E-state index in [2.05, 4.69) is 10.6 Å². The van der Waals surface area contributed by atoms with Crippen LogP contribution in [0.15, 0.2) is 78.9 Å². The van der Waals surface area contributed by atoms with Crippen molar-refractivity contribution in [1.82, 2.24) is 0 Å². The van der Waals surface area contributed by atoms with Crippen LogP contribution in [0.2, 0.25) is 0 Å². The molecular formula is C26H27N3O3. The van der Waals surface area contributed by atoms with Crippen LogP contribution in [-0.4, -0.2) is 25.0 Å². The zero-order valence-corrected chi connectivity index (χ0v) is 18.1. The van der Waals surface area contributed by atoms with Crippen LogP contribution in [0, 0.1) is 0 Å². The predicted octanol–water partition coefficient (Wildman–Crippen LogP) is 5.00. The lowest BCUT2D eigenvalue weighted by molar-refractivity contribution is -0.117. The van der Waals surface area contributed by atoms with E-state index in [9.17, 15) is 9.59 Å². The molecule has 2 amide bonds. The van der Waals surface area contributed by atoms with Gasteiger partial charge in [0.15, 0.2) is 0 Å². The van der Waals surface area contributed by atoms with Crippen molar-refractivity contribution in [2.75, 3.05) is 28.7 Å². The molecule has 0 radical (unpaired) electrons. The number of hydrogen-bond donors (Lipinski definition) is 2. The number of nitrogens with one attached hydrogen (secondary N) is 2. The van der Waals surface area contributed by atoms with Gasteiger partial charge in [0.1, 0.15) is 11.8 Å². The van der Waals surface area contributed by atoms with Gasteiger partial charge in [-0.3, -0.25) is 9.59 Å². The monoisotopic (exact) mass is 429 g/mol. The van der Waals surface area contributed by atoms with Crippen molar-refractivity contribution in [2.45, 2.75) is 25.8 Å². The van der Waals surface area contributed by atoms with E-state index in [1.807, 2.05) is 85.8 Å². The van der Waals surface area contributed by atoms with Crippen molar-refractivity contribution in [3.63, 3.8) is 0 Å². The molecule has 0 aromatic heterocycles. The molecule has 32 heavy (non-hydrogen) atoms. The molecule has 164 valence electrons. The Balaban J connectivity index is 1.60. The summed E-state index contributed by atoms with van der Waals surface area (Å²) in [4.78, 5) is 27.3. The lowest BCUT2D eigenvalue weighted by atomic mass is 10.1. The number of rotatable bonds is 8. The molecule has 3 aromatic rings. The third-order valence-corrected chi connectivity index (χ3v) is 5.38. The molecule has 1 heterocycles. The summed E-state index contributed by atoms with van der Waals surface area (Å²) in [7, 11) is 0. The maximum Gasteiger partial charge on any atom is 0.251 e. The Labute approximate surface area is 188 Å².